The van der Waals surface area contributed by atoms with E-state index in [2.05, 4.69) is 25.9 Å². The van der Waals surface area contributed by atoms with E-state index in [1.54, 1.807) is 4.68 Å². The average molecular weight is 378 g/mol. The molecule has 146 valence electrons. The van der Waals surface area contributed by atoms with Gasteiger partial charge in [0.2, 0.25) is 5.91 Å². The lowest BCUT2D eigenvalue weighted by Gasteiger charge is -2.15. The van der Waals surface area contributed by atoms with Crippen LogP contribution in [0.5, 0.6) is 0 Å². The first-order chi connectivity index (χ1) is 13.6. The van der Waals surface area contributed by atoms with Gasteiger partial charge in [-0.1, -0.05) is 37.3 Å². The maximum atomic E-state index is 12.4. The van der Waals surface area contributed by atoms with E-state index in [0.717, 1.165) is 23.4 Å². The number of nitrogens with zero attached hydrogens (tertiary/aromatic N) is 4. The van der Waals surface area contributed by atoms with E-state index in [1.807, 2.05) is 69.3 Å². The monoisotopic (exact) mass is 378 g/mol. The first-order valence-electron chi connectivity index (χ1n) is 9.52. The summed E-state index contributed by atoms with van der Waals surface area (Å²) in [6, 6.07) is 15.6. The molecule has 0 aliphatic heterocycles. The minimum atomic E-state index is -0.124. The van der Waals surface area contributed by atoms with Crippen molar-refractivity contribution in [1.29, 1.82) is 0 Å². The molecule has 0 saturated carbocycles. The number of rotatable bonds is 8. The zero-order valence-electron chi connectivity index (χ0n) is 16.5. The number of hydrogen-bond acceptors (Lipinski definition) is 5. The van der Waals surface area contributed by atoms with Gasteiger partial charge >= 0.3 is 0 Å². The van der Waals surface area contributed by atoms with E-state index in [9.17, 15) is 4.79 Å². The second-order valence-corrected chi connectivity index (χ2v) is 6.70. The molecule has 1 unspecified atom stereocenters. The van der Waals surface area contributed by atoms with Crippen molar-refractivity contribution in [3.8, 4) is 5.82 Å². The average Bonchev–Trinajstić information content (AvgIpc) is 3.05. The fourth-order valence-corrected chi connectivity index (χ4v) is 3.15. The lowest BCUT2D eigenvalue weighted by atomic mass is 9.96. The van der Waals surface area contributed by atoms with Gasteiger partial charge in [-0.2, -0.15) is 5.10 Å². The molecule has 0 aliphatic rings. The molecule has 0 aliphatic carbocycles. The highest BCUT2D eigenvalue weighted by molar-refractivity contribution is 5.83. The van der Waals surface area contributed by atoms with Crippen LogP contribution in [0, 0.1) is 13.8 Å². The van der Waals surface area contributed by atoms with Crippen LogP contribution in [0.1, 0.15) is 36.2 Å². The fraction of sp³-hybridized carbons (Fsp3) is 0.333. The van der Waals surface area contributed by atoms with Crippen LogP contribution in [0.4, 0.5) is 5.82 Å². The summed E-state index contributed by atoms with van der Waals surface area (Å²) in [7, 11) is 0. The van der Waals surface area contributed by atoms with Crippen molar-refractivity contribution >= 4 is 11.7 Å². The van der Waals surface area contributed by atoms with Crippen molar-refractivity contribution in [2.24, 2.45) is 0 Å². The lowest BCUT2D eigenvalue weighted by Crippen LogP contribution is -2.33. The summed E-state index contributed by atoms with van der Waals surface area (Å²) in [6.07, 6.45) is 0.766. The fourth-order valence-electron chi connectivity index (χ4n) is 3.15. The third kappa shape index (κ3) is 4.73. The van der Waals surface area contributed by atoms with Crippen molar-refractivity contribution < 1.29 is 4.79 Å². The molecule has 1 amide bonds. The summed E-state index contributed by atoms with van der Waals surface area (Å²) in [4.78, 5) is 12.4. The quantitative estimate of drug-likeness (QED) is 0.589. The van der Waals surface area contributed by atoms with Crippen LogP contribution < -0.4 is 10.6 Å². The largest absolute Gasteiger partial charge is 0.367 e. The van der Waals surface area contributed by atoms with Gasteiger partial charge in [-0.3, -0.25) is 4.79 Å². The molecule has 0 fully saturated rings. The Hall–Kier alpha value is -3.22. The van der Waals surface area contributed by atoms with Crippen LogP contribution in [0.3, 0.4) is 0 Å². The molecule has 7 nitrogen and oxygen atoms in total. The molecule has 1 aromatic carbocycles. The van der Waals surface area contributed by atoms with Gasteiger partial charge in [-0.25, -0.2) is 4.68 Å². The summed E-state index contributed by atoms with van der Waals surface area (Å²) in [5, 5.41) is 19.0. The Bertz CT molecular complexity index is 904. The Morgan fingerprint density at radius 1 is 1.07 bits per heavy atom. The number of hydrogen-bond donors (Lipinski definition) is 2. The van der Waals surface area contributed by atoms with Crippen LogP contribution in [0.15, 0.2) is 48.5 Å². The second kappa shape index (κ2) is 9.12. The molecule has 2 aromatic heterocycles. The van der Waals surface area contributed by atoms with Crippen LogP contribution in [0.2, 0.25) is 0 Å². The highest BCUT2D eigenvalue weighted by atomic mass is 16.1. The van der Waals surface area contributed by atoms with Crippen LogP contribution in [-0.2, 0) is 4.79 Å². The number of carbonyl (C=O) groups excluding carboxylic acids is 1. The molecule has 3 aromatic rings. The van der Waals surface area contributed by atoms with E-state index < -0.39 is 0 Å². The predicted octanol–water partition coefficient (Wildman–Crippen LogP) is 3.00. The van der Waals surface area contributed by atoms with Crippen LogP contribution >= 0.6 is 0 Å². The Balaban J connectivity index is 1.48. The van der Waals surface area contributed by atoms with Crippen molar-refractivity contribution in [3.05, 3.63) is 65.5 Å². The minimum Gasteiger partial charge on any atom is -0.367 e. The van der Waals surface area contributed by atoms with Gasteiger partial charge < -0.3 is 10.6 Å². The maximum Gasteiger partial charge on any atom is 0.227 e. The molecule has 2 N–H and O–H groups in total. The molecule has 1 atom stereocenters. The third-order valence-corrected chi connectivity index (χ3v) is 4.53. The van der Waals surface area contributed by atoms with Crippen molar-refractivity contribution in [2.75, 3.05) is 18.4 Å². The number of aromatic nitrogens is 4. The van der Waals surface area contributed by atoms with E-state index in [1.165, 1.54) is 0 Å². The highest BCUT2D eigenvalue weighted by Crippen LogP contribution is 2.19. The predicted molar refractivity (Wildman–Crippen MR) is 110 cm³/mol. The summed E-state index contributed by atoms with van der Waals surface area (Å²) in [5.74, 6) is 1.26. The van der Waals surface area contributed by atoms with Gasteiger partial charge in [0.15, 0.2) is 5.82 Å². The number of amides is 1. The molecule has 28 heavy (non-hydrogen) atoms. The third-order valence-electron chi connectivity index (χ3n) is 4.53. The van der Waals surface area contributed by atoms with E-state index in [4.69, 9.17) is 0 Å². The van der Waals surface area contributed by atoms with E-state index in [0.29, 0.717) is 24.7 Å². The first kappa shape index (κ1) is 19.5. The van der Waals surface area contributed by atoms with Gasteiger partial charge in [0.1, 0.15) is 5.82 Å². The molecule has 3 rings (SSSR count). The molecule has 0 radical (unpaired) electrons. The van der Waals surface area contributed by atoms with E-state index >= 15 is 0 Å². The van der Waals surface area contributed by atoms with Crippen molar-refractivity contribution in [2.45, 2.75) is 33.1 Å². The Kier molecular flexibility index (Phi) is 6.37. The summed E-state index contributed by atoms with van der Waals surface area (Å²) >= 11 is 0. The summed E-state index contributed by atoms with van der Waals surface area (Å²) < 4.78 is 1.76. The van der Waals surface area contributed by atoms with Crippen LogP contribution in [0.25, 0.3) is 5.82 Å². The molecular formula is C21H26N6O. The molecular weight excluding hydrogens is 352 g/mol. The zero-order chi connectivity index (χ0) is 19.9. The van der Waals surface area contributed by atoms with Crippen molar-refractivity contribution in [3.63, 3.8) is 0 Å². The Morgan fingerprint density at radius 2 is 1.86 bits per heavy atom. The molecule has 2 heterocycles. The number of nitrogens with one attached hydrogen (secondary N) is 2. The SMILES string of the molecule is CCC(C(=O)NCCNc1ccc(-n2nc(C)cc2C)nn1)c1ccccc1. The number of aryl methyl sites for hydroxylation is 2. The van der Waals surface area contributed by atoms with Gasteiger partial charge in [0, 0.05) is 18.8 Å². The molecule has 7 heteroatoms. The van der Waals surface area contributed by atoms with Gasteiger partial charge in [0.05, 0.1) is 11.6 Å². The number of carbonyl (C=O) groups is 1. The van der Waals surface area contributed by atoms with Gasteiger partial charge in [-0.15, -0.1) is 10.2 Å². The molecule has 0 spiro atoms. The van der Waals surface area contributed by atoms with Gasteiger partial charge in [-0.05, 0) is 44.0 Å². The maximum absolute atomic E-state index is 12.4. The summed E-state index contributed by atoms with van der Waals surface area (Å²) in [6.45, 7) is 7.04. The number of benzene rings is 1. The lowest BCUT2D eigenvalue weighted by molar-refractivity contribution is -0.122. The normalized spacial score (nSPS) is 11.8. The van der Waals surface area contributed by atoms with E-state index in [-0.39, 0.29) is 11.8 Å². The Morgan fingerprint density at radius 3 is 2.46 bits per heavy atom. The minimum absolute atomic E-state index is 0.0430. The van der Waals surface area contributed by atoms with Gasteiger partial charge in [0.25, 0.3) is 0 Å². The first-order valence-corrected chi connectivity index (χ1v) is 9.52. The molecule has 0 bridgehead atoms. The molecule has 0 saturated heterocycles. The highest BCUT2D eigenvalue weighted by Gasteiger charge is 2.17. The smallest absolute Gasteiger partial charge is 0.227 e. The topological polar surface area (TPSA) is 84.7 Å². The standard InChI is InChI=1S/C21H26N6O/c1-4-18(17-8-6-5-7-9-17)21(28)23-13-12-22-19-10-11-20(25-24-19)27-16(3)14-15(2)26-27/h5-11,14,18H,4,12-13H2,1-3H3,(H,22,24)(H,23,28). The van der Waals surface area contributed by atoms with Crippen molar-refractivity contribution in [1.82, 2.24) is 25.3 Å². The Labute approximate surface area is 165 Å². The zero-order valence-corrected chi connectivity index (χ0v) is 16.5. The summed E-state index contributed by atoms with van der Waals surface area (Å²) in [5.41, 5.74) is 3.00. The van der Waals surface area contributed by atoms with Crippen LogP contribution in [-0.4, -0.2) is 39.0 Å². The number of anilines is 1. The second-order valence-electron chi connectivity index (χ2n) is 6.70.